The third-order valence-electron chi connectivity index (χ3n) is 9.85. The number of pyridine rings is 1. The van der Waals surface area contributed by atoms with E-state index in [1.165, 1.54) is 4.90 Å². The number of alkyl halides is 2. The average Bonchev–Trinajstić information content (AvgIpc) is 3.68. The van der Waals surface area contributed by atoms with Gasteiger partial charge in [0.2, 0.25) is 17.6 Å². The number of imide groups is 1. The van der Waals surface area contributed by atoms with Crippen molar-refractivity contribution < 1.29 is 23.9 Å². The van der Waals surface area contributed by atoms with Gasteiger partial charge < -0.3 is 4.74 Å². The van der Waals surface area contributed by atoms with Crippen LogP contribution in [0.4, 0.5) is 5.69 Å². The fraction of sp³-hybridized carbons (Fsp3) is 0.324. The number of hydrogen-bond donors (Lipinski definition) is 0. The van der Waals surface area contributed by atoms with Gasteiger partial charge in [-0.25, -0.2) is 9.78 Å². The SMILES string of the molecule is CCCC(OC(=O)c1cc(-c2ccc(N3C(=O)C4C5CC(C(Br)C5Br)C4C3=O)cc2)nc2c(C)cc(Br)cc12)C(=O)c1ccccc1. The van der Waals surface area contributed by atoms with E-state index in [9.17, 15) is 19.2 Å². The molecule has 0 N–H and O–H groups in total. The minimum atomic E-state index is -0.931. The summed E-state index contributed by atoms with van der Waals surface area (Å²) in [5.74, 6) is -1.44. The Bertz CT molecular complexity index is 1900. The number of rotatable bonds is 8. The Morgan fingerprint density at radius 2 is 1.57 bits per heavy atom. The number of carbonyl (C=O) groups excluding carboxylic acids is 4. The average molecular weight is 823 g/mol. The first-order chi connectivity index (χ1) is 22.6. The van der Waals surface area contributed by atoms with E-state index in [0.29, 0.717) is 51.8 Å². The highest BCUT2D eigenvalue weighted by molar-refractivity contribution is 9.12. The first-order valence-electron chi connectivity index (χ1n) is 15.8. The van der Waals surface area contributed by atoms with Crippen LogP contribution in [0, 0.1) is 30.6 Å². The van der Waals surface area contributed by atoms with E-state index in [-0.39, 0.29) is 50.9 Å². The molecule has 0 radical (unpaired) electrons. The van der Waals surface area contributed by atoms with Crippen LogP contribution in [0.5, 0.6) is 0 Å². The molecule has 7 nitrogen and oxygen atoms in total. The number of carbonyl (C=O) groups is 4. The number of ether oxygens (including phenoxy) is 1. The first-order valence-corrected chi connectivity index (χ1v) is 18.4. The summed E-state index contributed by atoms with van der Waals surface area (Å²) in [6, 6.07) is 21.5. The van der Waals surface area contributed by atoms with E-state index in [1.807, 2.05) is 44.2 Å². The second-order valence-electron chi connectivity index (χ2n) is 12.6. The molecular formula is C37H31Br3N2O5. The number of halogens is 3. The third kappa shape index (κ3) is 5.50. The largest absolute Gasteiger partial charge is 0.450 e. The van der Waals surface area contributed by atoms with Crippen LogP contribution in [0.2, 0.25) is 0 Å². The molecule has 47 heavy (non-hydrogen) atoms. The van der Waals surface area contributed by atoms with Crippen molar-refractivity contribution in [2.75, 3.05) is 4.90 Å². The molecule has 0 spiro atoms. The number of anilines is 1. The molecule has 7 rings (SSSR count). The van der Waals surface area contributed by atoms with Gasteiger partial charge in [0.05, 0.1) is 34.3 Å². The monoisotopic (exact) mass is 820 g/mol. The summed E-state index contributed by atoms with van der Waals surface area (Å²) in [5.41, 5.74) is 4.03. The minimum Gasteiger partial charge on any atom is -0.450 e. The van der Waals surface area contributed by atoms with E-state index in [4.69, 9.17) is 9.72 Å². The number of ketones is 1. The predicted octanol–water partition coefficient (Wildman–Crippen LogP) is 8.46. The van der Waals surface area contributed by atoms with Crippen LogP contribution >= 0.6 is 47.8 Å². The molecule has 7 unspecified atom stereocenters. The second-order valence-corrected chi connectivity index (χ2v) is 15.7. The predicted molar refractivity (Wildman–Crippen MR) is 191 cm³/mol. The van der Waals surface area contributed by atoms with Crippen molar-refractivity contribution in [3.63, 3.8) is 0 Å². The van der Waals surface area contributed by atoms with Crippen LogP contribution in [0.3, 0.4) is 0 Å². The summed E-state index contributed by atoms with van der Waals surface area (Å²) >= 11 is 11.0. The van der Waals surface area contributed by atoms with Gasteiger partial charge in [-0.05, 0) is 67.5 Å². The number of esters is 1. The van der Waals surface area contributed by atoms with Crippen LogP contribution in [0.15, 0.2) is 77.3 Å². The Hall–Kier alpha value is -3.21. The van der Waals surface area contributed by atoms with Crippen molar-refractivity contribution in [1.29, 1.82) is 0 Å². The van der Waals surface area contributed by atoms with E-state index in [2.05, 4.69) is 47.8 Å². The third-order valence-corrected chi connectivity index (χ3v) is 13.5. The van der Waals surface area contributed by atoms with Gasteiger partial charge in [0.15, 0.2) is 6.10 Å². The lowest BCUT2D eigenvalue weighted by Gasteiger charge is -2.28. The van der Waals surface area contributed by atoms with Crippen LogP contribution in [0.25, 0.3) is 22.2 Å². The molecule has 1 aliphatic heterocycles. The van der Waals surface area contributed by atoms with Crippen molar-refractivity contribution in [3.8, 4) is 11.3 Å². The Balaban J connectivity index is 1.21. The van der Waals surface area contributed by atoms with Gasteiger partial charge in [-0.1, -0.05) is 104 Å². The van der Waals surface area contributed by atoms with Gasteiger partial charge in [0, 0.05) is 30.6 Å². The number of benzene rings is 3. The van der Waals surface area contributed by atoms with Gasteiger partial charge in [0.25, 0.3) is 0 Å². The number of aromatic nitrogens is 1. The normalized spacial score (nSPS) is 25.3. The fourth-order valence-corrected chi connectivity index (χ4v) is 10.1. The standard InChI is InChI=1S/C37H31Br3N2O5/c1-3-7-28(34(43)20-8-5-4-6-9-20)47-37(46)24-17-27(41-33-18(2)14-21(38)15-23(24)33)19-10-12-22(13-11-19)42-35(44)29-25-16-26(30(29)36(42)45)32(40)31(25)39/h4-6,8-15,17,25-26,28-32H,3,7,16H2,1-2H3. The summed E-state index contributed by atoms with van der Waals surface area (Å²) in [6.07, 6.45) is 0.996. The van der Waals surface area contributed by atoms with Crippen molar-refractivity contribution in [2.24, 2.45) is 23.7 Å². The van der Waals surface area contributed by atoms with Crippen LogP contribution in [0.1, 0.15) is 52.5 Å². The molecule has 10 heteroatoms. The van der Waals surface area contributed by atoms with Gasteiger partial charge in [-0.15, -0.1) is 0 Å². The van der Waals surface area contributed by atoms with Crippen molar-refractivity contribution in [2.45, 2.75) is 48.9 Å². The fourth-order valence-electron chi connectivity index (χ4n) is 7.64. The Morgan fingerprint density at radius 3 is 2.19 bits per heavy atom. The highest BCUT2D eigenvalue weighted by atomic mass is 79.9. The smallest absolute Gasteiger partial charge is 0.339 e. The molecular weight excluding hydrogens is 792 g/mol. The van der Waals surface area contributed by atoms with E-state index >= 15 is 0 Å². The Kier molecular flexibility index (Phi) is 8.72. The highest BCUT2D eigenvalue weighted by Crippen LogP contribution is 2.60. The maximum atomic E-state index is 13.9. The molecule has 4 aromatic rings. The zero-order valence-corrected chi connectivity index (χ0v) is 30.4. The number of aryl methyl sites for hydroxylation is 1. The molecule has 2 bridgehead atoms. The quantitative estimate of drug-likeness (QED) is 0.0767. The molecule has 2 saturated carbocycles. The van der Waals surface area contributed by atoms with Gasteiger partial charge in [-0.3, -0.25) is 19.3 Å². The van der Waals surface area contributed by atoms with E-state index in [1.54, 1.807) is 42.5 Å². The van der Waals surface area contributed by atoms with Gasteiger partial charge in [-0.2, -0.15) is 0 Å². The van der Waals surface area contributed by atoms with Crippen molar-refractivity contribution in [3.05, 3.63) is 94.0 Å². The summed E-state index contributed by atoms with van der Waals surface area (Å²) in [6.45, 7) is 3.87. The number of nitrogens with zero attached hydrogens (tertiary/aromatic N) is 2. The zero-order chi connectivity index (χ0) is 33.1. The molecule has 3 aromatic carbocycles. The molecule has 7 atom stereocenters. The number of Topliss-reactive ketones (excluding diaryl/α,β-unsaturated/α-hetero) is 1. The molecule has 3 fully saturated rings. The zero-order valence-electron chi connectivity index (χ0n) is 25.7. The summed E-state index contributed by atoms with van der Waals surface area (Å²) in [5, 5.41) is 0.606. The molecule has 3 aliphatic rings. The number of amides is 2. The maximum Gasteiger partial charge on any atom is 0.339 e. The van der Waals surface area contributed by atoms with Gasteiger partial charge in [0.1, 0.15) is 0 Å². The van der Waals surface area contributed by atoms with Crippen LogP contribution in [-0.2, 0) is 14.3 Å². The second kappa shape index (κ2) is 12.7. The lowest BCUT2D eigenvalue weighted by atomic mass is 9.81. The topological polar surface area (TPSA) is 93.6 Å². The molecule has 2 heterocycles. The molecule has 2 aliphatic carbocycles. The summed E-state index contributed by atoms with van der Waals surface area (Å²) in [4.78, 5) is 61.0. The van der Waals surface area contributed by atoms with Crippen molar-refractivity contribution in [1.82, 2.24) is 4.98 Å². The Labute approximate surface area is 297 Å². The first kappa shape index (κ1) is 32.3. The lowest BCUT2D eigenvalue weighted by Crippen LogP contribution is -2.37. The molecule has 1 aromatic heterocycles. The Morgan fingerprint density at radius 1 is 0.936 bits per heavy atom. The van der Waals surface area contributed by atoms with E-state index < -0.39 is 12.1 Å². The minimum absolute atomic E-state index is 0.133. The van der Waals surface area contributed by atoms with Crippen LogP contribution < -0.4 is 4.90 Å². The van der Waals surface area contributed by atoms with Crippen LogP contribution in [-0.4, -0.2) is 44.3 Å². The molecule has 240 valence electrons. The number of fused-ring (bicyclic) bond motifs is 6. The lowest BCUT2D eigenvalue weighted by molar-refractivity contribution is -0.123. The molecule has 1 saturated heterocycles. The molecule has 2 amide bonds. The highest BCUT2D eigenvalue weighted by Gasteiger charge is 2.66. The maximum absolute atomic E-state index is 13.9. The summed E-state index contributed by atoms with van der Waals surface area (Å²) in [7, 11) is 0. The van der Waals surface area contributed by atoms with Crippen molar-refractivity contribution >= 4 is 87.9 Å². The van der Waals surface area contributed by atoms with E-state index in [0.717, 1.165) is 16.5 Å². The van der Waals surface area contributed by atoms with Gasteiger partial charge >= 0.3 is 5.97 Å². The number of hydrogen-bond acceptors (Lipinski definition) is 6. The summed E-state index contributed by atoms with van der Waals surface area (Å²) < 4.78 is 6.72.